The maximum Gasteiger partial charge on any atom is 0.250 e. The lowest BCUT2D eigenvalue weighted by Gasteiger charge is -2.18. The summed E-state index contributed by atoms with van der Waals surface area (Å²) in [4.78, 5) is 11.2. The first-order chi connectivity index (χ1) is 7.39. The summed E-state index contributed by atoms with van der Waals surface area (Å²) in [5.41, 5.74) is 6.35. The Morgan fingerprint density at radius 1 is 1.38 bits per heavy atom. The van der Waals surface area contributed by atoms with Crippen molar-refractivity contribution < 1.29 is 4.79 Å². The molecule has 0 aliphatic heterocycles. The maximum atomic E-state index is 11.2. The predicted octanol–water partition coefficient (Wildman–Crippen LogP) is 1.89. The third-order valence-electron chi connectivity index (χ3n) is 2.49. The maximum absolute atomic E-state index is 11.2. The zero-order valence-corrected chi connectivity index (χ0v) is 9.69. The molecule has 1 heterocycles. The molecule has 4 heteroatoms. The fourth-order valence-corrected chi connectivity index (χ4v) is 1.59. The highest BCUT2D eigenvalue weighted by atomic mass is 16.1. The number of rotatable bonds is 1. The fourth-order valence-electron chi connectivity index (χ4n) is 1.59. The van der Waals surface area contributed by atoms with Crippen molar-refractivity contribution in [3.05, 3.63) is 30.0 Å². The monoisotopic (exact) mass is 217 g/mol. The number of fused-ring (bicyclic) bond motifs is 1. The SMILES string of the molecule is CC(C)(C)n1cc2cccc(C(N)=O)c2n1. The van der Waals surface area contributed by atoms with E-state index in [2.05, 4.69) is 25.9 Å². The van der Waals surface area contributed by atoms with Crippen LogP contribution in [0.3, 0.4) is 0 Å². The lowest BCUT2D eigenvalue weighted by Crippen LogP contribution is -2.22. The van der Waals surface area contributed by atoms with Gasteiger partial charge in [0.25, 0.3) is 5.91 Å². The van der Waals surface area contributed by atoms with Crippen LogP contribution in [-0.2, 0) is 5.54 Å². The quantitative estimate of drug-likeness (QED) is 0.792. The number of benzene rings is 1. The smallest absolute Gasteiger partial charge is 0.250 e. The molecule has 1 aromatic carbocycles. The largest absolute Gasteiger partial charge is 0.366 e. The van der Waals surface area contributed by atoms with Gasteiger partial charge >= 0.3 is 0 Å². The van der Waals surface area contributed by atoms with Crippen LogP contribution in [0.25, 0.3) is 10.9 Å². The van der Waals surface area contributed by atoms with Gasteiger partial charge in [0.15, 0.2) is 0 Å². The van der Waals surface area contributed by atoms with Gasteiger partial charge in [0.1, 0.15) is 5.52 Å². The number of aromatic nitrogens is 2. The van der Waals surface area contributed by atoms with Crippen molar-refractivity contribution in [3.8, 4) is 0 Å². The van der Waals surface area contributed by atoms with Crippen LogP contribution in [-0.4, -0.2) is 15.7 Å². The zero-order chi connectivity index (χ0) is 11.9. The van der Waals surface area contributed by atoms with Crippen molar-refractivity contribution in [2.24, 2.45) is 5.73 Å². The molecule has 1 aromatic heterocycles. The summed E-state index contributed by atoms with van der Waals surface area (Å²) in [5.74, 6) is -0.440. The zero-order valence-electron chi connectivity index (χ0n) is 9.69. The summed E-state index contributed by atoms with van der Waals surface area (Å²) in [6.45, 7) is 6.18. The highest BCUT2D eigenvalue weighted by molar-refractivity contribution is 6.04. The first-order valence-corrected chi connectivity index (χ1v) is 5.18. The van der Waals surface area contributed by atoms with Crippen LogP contribution in [0.4, 0.5) is 0 Å². The highest BCUT2D eigenvalue weighted by Gasteiger charge is 2.17. The van der Waals surface area contributed by atoms with E-state index in [0.29, 0.717) is 11.1 Å². The summed E-state index contributed by atoms with van der Waals surface area (Å²) in [6.07, 6.45) is 1.93. The second kappa shape index (κ2) is 3.33. The molecule has 0 saturated heterocycles. The summed E-state index contributed by atoms with van der Waals surface area (Å²) >= 11 is 0. The van der Waals surface area contributed by atoms with Gasteiger partial charge in [0, 0.05) is 11.6 Å². The number of nitrogens with zero attached hydrogens (tertiary/aromatic N) is 2. The van der Waals surface area contributed by atoms with Gasteiger partial charge in [0.05, 0.1) is 11.1 Å². The molecule has 1 amide bonds. The van der Waals surface area contributed by atoms with E-state index in [9.17, 15) is 4.79 Å². The molecule has 0 fully saturated rings. The molecule has 2 rings (SSSR count). The van der Waals surface area contributed by atoms with Gasteiger partial charge in [-0.25, -0.2) is 0 Å². The van der Waals surface area contributed by atoms with Crippen LogP contribution in [0.1, 0.15) is 31.1 Å². The molecule has 2 N–H and O–H groups in total. The Bertz CT molecular complexity index is 549. The van der Waals surface area contributed by atoms with E-state index in [1.54, 1.807) is 6.07 Å². The van der Waals surface area contributed by atoms with E-state index in [4.69, 9.17) is 5.73 Å². The lowest BCUT2D eigenvalue weighted by molar-refractivity contribution is 0.100. The number of hydrogen-bond acceptors (Lipinski definition) is 2. The molecular formula is C12H15N3O. The highest BCUT2D eigenvalue weighted by Crippen LogP contribution is 2.21. The molecule has 0 unspecified atom stereocenters. The first-order valence-electron chi connectivity index (χ1n) is 5.18. The average molecular weight is 217 g/mol. The third-order valence-corrected chi connectivity index (χ3v) is 2.49. The molecule has 0 saturated carbocycles. The molecule has 0 spiro atoms. The number of carbonyl (C=O) groups is 1. The minimum absolute atomic E-state index is 0.103. The molecule has 0 atom stereocenters. The Morgan fingerprint density at radius 2 is 2.06 bits per heavy atom. The summed E-state index contributed by atoms with van der Waals surface area (Å²) in [7, 11) is 0. The van der Waals surface area contributed by atoms with Crippen LogP contribution < -0.4 is 5.73 Å². The molecule has 0 aliphatic carbocycles. The molecule has 16 heavy (non-hydrogen) atoms. The van der Waals surface area contributed by atoms with Crippen molar-refractivity contribution in [2.75, 3.05) is 0 Å². The van der Waals surface area contributed by atoms with Crippen molar-refractivity contribution in [3.63, 3.8) is 0 Å². The van der Waals surface area contributed by atoms with Crippen LogP contribution in [0.15, 0.2) is 24.4 Å². The first kappa shape index (κ1) is 10.7. The van der Waals surface area contributed by atoms with Gasteiger partial charge in [-0.1, -0.05) is 12.1 Å². The van der Waals surface area contributed by atoms with E-state index < -0.39 is 5.91 Å². The van der Waals surface area contributed by atoms with Crippen LogP contribution in [0, 0.1) is 0 Å². The van der Waals surface area contributed by atoms with Crippen molar-refractivity contribution in [2.45, 2.75) is 26.3 Å². The van der Waals surface area contributed by atoms with E-state index in [1.165, 1.54) is 0 Å². The van der Waals surface area contributed by atoms with E-state index >= 15 is 0 Å². The number of nitrogens with two attached hydrogens (primary N) is 1. The van der Waals surface area contributed by atoms with Gasteiger partial charge in [-0.05, 0) is 26.8 Å². The molecule has 0 bridgehead atoms. The van der Waals surface area contributed by atoms with E-state index in [-0.39, 0.29) is 5.54 Å². The van der Waals surface area contributed by atoms with Crippen molar-refractivity contribution in [1.82, 2.24) is 9.78 Å². The Hall–Kier alpha value is -1.84. The Morgan fingerprint density at radius 3 is 2.62 bits per heavy atom. The molecule has 2 aromatic rings. The topological polar surface area (TPSA) is 60.9 Å². The molecule has 4 nitrogen and oxygen atoms in total. The van der Waals surface area contributed by atoms with Crippen molar-refractivity contribution in [1.29, 1.82) is 0 Å². The standard InChI is InChI=1S/C12H15N3O/c1-12(2,3)15-7-8-5-4-6-9(11(13)16)10(8)14-15/h4-7H,1-3H3,(H2,13,16). The van der Waals surface area contributed by atoms with Gasteiger partial charge in [-0.15, -0.1) is 0 Å². The summed E-state index contributed by atoms with van der Waals surface area (Å²) in [5, 5.41) is 5.36. The lowest BCUT2D eigenvalue weighted by atomic mass is 10.1. The minimum Gasteiger partial charge on any atom is -0.366 e. The second-order valence-electron chi connectivity index (χ2n) is 4.85. The minimum atomic E-state index is -0.440. The molecule has 0 aliphatic rings. The van der Waals surface area contributed by atoms with Gasteiger partial charge in [-0.2, -0.15) is 5.10 Å². The van der Waals surface area contributed by atoms with Gasteiger partial charge in [-0.3, -0.25) is 9.48 Å². The molecule has 0 radical (unpaired) electrons. The van der Waals surface area contributed by atoms with Crippen LogP contribution >= 0.6 is 0 Å². The fraction of sp³-hybridized carbons (Fsp3) is 0.333. The Kier molecular flexibility index (Phi) is 2.22. The van der Waals surface area contributed by atoms with Crippen LogP contribution in [0.5, 0.6) is 0 Å². The van der Waals surface area contributed by atoms with Crippen LogP contribution in [0.2, 0.25) is 0 Å². The number of primary amides is 1. The number of carbonyl (C=O) groups excluding carboxylic acids is 1. The van der Waals surface area contributed by atoms with Gasteiger partial charge < -0.3 is 5.73 Å². The molecular weight excluding hydrogens is 202 g/mol. The Labute approximate surface area is 94.0 Å². The summed E-state index contributed by atoms with van der Waals surface area (Å²) < 4.78 is 1.85. The van der Waals surface area contributed by atoms with E-state index in [1.807, 2.05) is 23.0 Å². The predicted molar refractivity (Wildman–Crippen MR) is 63.2 cm³/mol. The summed E-state index contributed by atoms with van der Waals surface area (Å²) in [6, 6.07) is 5.44. The number of amides is 1. The van der Waals surface area contributed by atoms with Crippen molar-refractivity contribution >= 4 is 16.8 Å². The normalized spacial score (nSPS) is 11.9. The molecule has 84 valence electrons. The van der Waals surface area contributed by atoms with Gasteiger partial charge in [0.2, 0.25) is 0 Å². The number of hydrogen-bond donors (Lipinski definition) is 1. The van der Waals surface area contributed by atoms with E-state index in [0.717, 1.165) is 5.39 Å². The second-order valence-corrected chi connectivity index (χ2v) is 4.85. The Balaban J connectivity index is 2.71. The third kappa shape index (κ3) is 1.66. The average Bonchev–Trinajstić information content (AvgIpc) is 2.59.